The maximum atomic E-state index is 11.4. The molecule has 0 radical (unpaired) electrons. The lowest BCUT2D eigenvalue weighted by molar-refractivity contribution is 0.0830. The molecule has 0 aromatic carbocycles. The zero-order valence-corrected chi connectivity index (χ0v) is 7.12. The van der Waals surface area contributed by atoms with Crippen molar-refractivity contribution in [3.63, 3.8) is 0 Å². The van der Waals surface area contributed by atoms with Gasteiger partial charge in [0.25, 0.3) is 5.91 Å². The number of ether oxygens (including phenoxy) is 1. The van der Waals surface area contributed by atoms with Crippen molar-refractivity contribution < 1.29 is 9.53 Å². The van der Waals surface area contributed by atoms with Crippen LogP contribution in [0.2, 0.25) is 0 Å². The summed E-state index contributed by atoms with van der Waals surface area (Å²) in [6.45, 7) is -0.106. The summed E-state index contributed by atoms with van der Waals surface area (Å²) in [5.74, 6) is -0.189. The summed E-state index contributed by atoms with van der Waals surface area (Å²) in [6, 6.07) is 3.65. The van der Waals surface area contributed by atoms with E-state index in [9.17, 15) is 4.79 Å². The third-order valence-electron chi connectivity index (χ3n) is 1.55. The van der Waals surface area contributed by atoms with Crippen molar-refractivity contribution in [3.8, 4) is 6.01 Å². The highest BCUT2D eigenvalue weighted by Gasteiger charge is 2.05. The summed E-state index contributed by atoms with van der Waals surface area (Å²) in [5.41, 5.74) is 0. The standard InChI is InChI=1S/C7H7N5O2/c13-6(12-3-1-2-4-12)5-14-7-8-10-11-9-7/h1-4H,5H2,(H,8,9,10,11). The maximum absolute atomic E-state index is 11.4. The Kier molecular flexibility index (Phi) is 2.22. The number of hydrogen-bond donors (Lipinski definition) is 1. The molecule has 2 heterocycles. The summed E-state index contributed by atoms with van der Waals surface area (Å²) in [6.07, 6.45) is 3.29. The van der Waals surface area contributed by atoms with E-state index in [1.165, 1.54) is 4.57 Å². The highest BCUT2D eigenvalue weighted by Crippen LogP contribution is 1.95. The van der Waals surface area contributed by atoms with Crippen LogP contribution in [-0.4, -0.2) is 37.7 Å². The molecular formula is C7H7N5O2. The minimum absolute atomic E-state index is 0.106. The number of nitrogens with one attached hydrogen (secondary N) is 1. The molecule has 0 atom stereocenters. The van der Waals surface area contributed by atoms with E-state index in [2.05, 4.69) is 20.6 Å². The normalized spacial score (nSPS) is 10.0. The first-order valence-corrected chi connectivity index (χ1v) is 3.89. The van der Waals surface area contributed by atoms with E-state index < -0.39 is 0 Å². The average Bonchev–Trinajstić information content (AvgIpc) is 2.87. The zero-order chi connectivity index (χ0) is 9.80. The summed E-state index contributed by atoms with van der Waals surface area (Å²) < 4.78 is 6.39. The molecule has 0 bridgehead atoms. The Morgan fingerprint density at radius 1 is 1.50 bits per heavy atom. The molecule has 0 unspecified atom stereocenters. The second-order valence-corrected chi connectivity index (χ2v) is 2.48. The fraction of sp³-hybridized carbons (Fsp3) is 0.143. The van der Waals surface area contributed by atoms with Crippen LogP contribution >= 0.6 is 0 Å². The van der Waals surface area contributed by atoms with Gasteiger partial charge in [0.1, 0.15) is 0 Å². The number of hydrogen-bond acceptors (Lipinski definition) is 5. The fourth-order valence-electron chi connectivity index (χ4n) is 0.917. The lowest BCUT2D eigenvalue weighted by Gasteiger charge is -2.00. The molecule has 0 aliphatic heterocycles. The summed E-state index contributed by atoms with van der Waals surface area (Å²) in [5, 5.41) is 12.4. The summed E-state index contributed by atoms with van der Waals surface area (Å²) in [4.78, 5) is 11.4. The molecule has 0 aliphatic rings. The van der Waals surface area contributed by atoms with Crippen LogP contribution < -0.4 is 4.74 Å². The van der Waals surface area contributed by atoms with Crippen LogP contribution in [0.4, 0.5) is 0 Å². The van der Waals surface area contributed by atoms with Gasteiger partial charge in [0, 0.05) is 12.4 Å². The number of H-pyrrole nitrogens is 1. The quantitative estimate of drug-likeness (QED) is 0.724. The van der Waals surface area contributed by atoms with Crippen molar-refractivity contribution in [3.05, 3.63) is 24.5 Å². The molecule has 0 saturated carbocycles. The Labute approximate surface area is 78.7 Å². The molecule has 0 fully saturated rings. The van der Waals surface area contributed by atoms with Crippen molar-refractivity contribution in [2.24, 2.45) is 0 Å². The first-order valence-electron chi connectivity index (χ1n) is 3.89. The predicted octanol–water partition coefficient (Wildman–Crippen LogP) is -0.280. The molecule has 2 aromatic heterocycles. The topological polar surface area (TPSA) is 85.7 Å². The van der Waals surface area contributed by atoms with Crippen LogP contribution in [0.25, 0.3) is 0 Å². The van der Waals surface area contributed by atoms with Gasteiger partial charge >= 0.3 is 6.01 Å². The molecule has 0 saturated heterocycles. The SMILES string of the molecule is O=C(COc1nnn[nH]1)n1cccc1. The average molecular weight is 193 g/mol. The van der Waals surface area contributed by atoms with Gasteiger partial charge in [-0.05, 0) is 22.6 Å². The highest BCUT2D eigenvalue weighted by atomic mass is 16.5. The molecule has 0 spiro atoms. The lowest BCUT2D eigenvalue weighted by atomic mass is 10.6. The molecule has 72 valence electrons. The van der Waals surface area contributed by atoms with Crippen molar-refractivity contribution in [2.45, 2.75) is 0 Å². The Balaban J connectivity index is 1.90. The molecule has 14 heavy (non-hydrogen) atoms. The molecule has 0 amide bonds. The van der Waals surface area contributed by atoms with Crippen LogP contribution in [0, 0.1) is 0 Å². The van der Waals surface area contributed by atoms with E-state index in [1.54, 1.807) is 24.5 Å². The molecule has 1 N–H and O–H groups in total. The second-order valence-electron chi connectivity index (χ2n) is 2.48. The predicted molar refractivity (Wildman–Crippen MR) is 44.7 cm³/mol. The summed E-state index contributed by atoms with van der Waals surface area (Å²) in [7, 11) is 0. The van der Waals surface area contributed by atoms with Crippen LogP contribution in [0.15, 0.2) is 24.5 Å². The van der Waals surface area contributed by atoms with E-state index >= 15 is 0 Å². The highest BCUT2D eigenvalue weighted by molar-refractivity contribution is 5.80. The smallest absolute Gasteiger partial charge is 0.333 e. The van der Waals surface area contributed by atoms with Gasteiger partial charge in [0.2, 0.25) is 0 Å². The van der Waals surface area contributed by atoms with Crippen LogP contribution in [-0.2, 0) is 0 Å². The van der Waals surface area contributed by atoms with Crippen LogP contribution in [0.5, 0.6) is 6.01 Å². The van der Waals surface area contributed by atoms with E-state index in [0.717, 1.165) is 0 Å². The van der Waals surface area contributed by atoms with Crippen LogP contribution in [0.1, 0.15) is 4.79 Å². The molecule has 0 aliphatic carbocycles. The van der Waals surface area contributed by atoms with Crippen LogP contribution in [0.3, 0.4) is 0 Å². The van der Waals surface area contributed by atoms with E-state index in [0.29, 0.717) is 0 Å². The minimum atomic E-state index is -0.189. The second kappa shape index (κ2) is 3.69. The number of rotatable bonds is 3. The maximum Gasteiger partial charge on any atom is 0.333 e. The number of aromatic amines is 1. The Bertz CT molecular complexity index is 394. The monoisotopic (exact) mass is 193 g/mol. The first-order chi connectivity index (χ1) is 6.86. The first kappa shape index (κ1) is 8.42. The Morgan fingerprint density at radius 3 is 2.93 bits per heavy atom. The van der Waals surface area contributed by atoms with Gasteiger partial charge in [-0.15, -0.1) is 0 Å². The number of carbonyl (C=O) groups excluding carboxylic acids is 1. The molecule has 2 rings (SSSR count). The Morgan fingerprint density at radius 2 is 2.29 bits per heavy atom. The third-order valence-corrected chi connectivity index (χ3v) is 1.55. The Hall–Kier alpha value is -2.18. The van der Waals surface area contributed by atoms with Crippen molar-refractivity contribution >= 4 is 5.91 Å². The zero-order valence-electron chi connectivity index (χ0n) is 7.12. The van der Waals surface area contributed by atoms with Crippen molar-refractivity contribution in [1.82, 2.24) is 25.2 Å². The van der Waals surface area contributed by atoms with E-state index in [4.69, 9.17) is 4.74 Å². The van der Waals surface area contributed by atoms with Gasteiger partial charge in [-0.25, -0.2) is 5.10 Å². The van der Waals surface area contributed by atoms with Gasteiger partial charge in [-0.3, -0.25) is 9.36 Å². The molecular weight excluding hydrogens is 186 g/mol. The van der Waals surface area contributed by atoms with Crippen molar-refractivity contribution in [1.29, 1.82) is 0 Å². The lowest BCUT2D eigenvalue weighted by Crippen LogP contribution is -2.18. The number of aromatic nitrogens is 5. The number of nitrogens with zero attached hydrogens (tertiary/aromatic N) is 4. The minimum Gasteiger partial charge on any atom is -0.453 e. The van der Waals surface area contributed by atoms with E-state index in [1.807, 2.05) is 0 Å². The fourth-order valence-corrected chi connectivity index (χ4v) is 0.917. The largest absolute Gasteiger partial charge is 0.453 e. The van der Waals surface area contributed by atoms with Crippen molar-refractivity contribution in [2.75, 3.05) is 6.61 Å². The number of tetrazole rings is 1. The number of carbonyl (C=O) groups is 1. The van der Waals surface area contributed by atoms with Gasteiger partial charge in [-0.2, -0.15) is 0 Å². The molecule has 2 aromatic rings. The molecule has 7 nitrogen and oxygen atoms in total. The third kappa shape index (κ3) is 1.76. The van der Waals surface area contributed by atoms with Gasteiger partial charge in [0.05, 0.1) is 0 Å². The van der Waals surface area contributed by atoms with Gasteiger partial charge in [-0.1, -0.05) is 5.10 Å². The van der Waals surface area contributed by atoms with Gasteiger partial charge in [0.15, 0.2) is 6.61 Å². The summed E-state index contributed by atoms with van der Waals surface area (Å²) >= 11 is 0. The molecule has 7 heteroatoms. The van der Waals surface area contributed by atoms with Gasteiger partial charge < -0.3 is 4.74 Å². The van der Waals surface area contributed by atoms with E-state index in [-0.39, 0.29) is 18.5 Å².